The van der Waals surface area contributed by atoms with Crippen molar-refractivity contribution in [1.82, 2.24) is 9.97 Å². The lowest BCUT2D eigenvalue weighted by atomic mass is 10.2. The number of carboxylic acid groups (broad SMARTS) is 1. The molecule has 8 heteroatoms. The number of para-hydroxylation sites is 1. The third-order valence-corrected chi connectivity index (χ3v) is 5.11. The minimum Gasteiger partial charge on any atom is -0.480 e. The molecule has 1 atom stereocenters. The Bertz CT molecular complexity index is 1020. The van der Waals surface area contributed by atoms with Gasteiger partial charge in [0.25, 0.3) is 5.91 Å². The van der Waals surface area contributed by atoms with Crippen molar-refractivity contribution in [1.29, 1.82) is 0 Å². The van der Waals surface area contributed by atoms with Crippen LogP contribution in [0.5, 0.6) is 0 Å². The highest BCUT2D eigenvalue weighted by atomic mass is 32.2. The predicted octanol–water partition coefficient (Wildman–Crippen LogP) is 2.77. The number of hydrogen-bond acceptors (Lipinski definition) is 4. The van der Waals surface area contributed by atoms with Gasteiger partial charge in [-0.3, -0.25) is 4.79 Å². The van der Waals surface area contributed by atoms with Crippen LogP contribution >= 0.6 is 11.8 Å². The first-order chi connectivity index (χ1) is 12.6. The van der Waals surface area contributed by atoms with E-state index in [1.807, 2.05) is 18.2 Å². The van der Waals surface area contributed by atoms with Crippen LogP contribution in [0.15, 0.2) is 59.9 Å². The Morgan fingerprint density at radius 2 is 2.04 bits per heavy atom. The van der Waals surface area contributed by atoms with E-state index in [9.17, 15) is 14.7 Å². The molecule has 2 aromatic heterocycles. The summed E-state index contributed by atoms with van der Waals surface area (Å²) in [6.07, 6.45) is 3.21. The average Bonchev–Trinajstić information content (AvgIpc) is 3.26. The normalized spacial score (nSPS) is 18.5. The monoisotopic (exact) mass is 366 g/mol. The number of carboxylic acids is 1. The van der Waals surface area contributed by atoms with Crippen LogP contribution < -0.4 is 4.90 Å². The molecule has 1 aromatic carbocycles. The standard InChI is InChI=1S/C18H14N4O3S/c23-16(13-9-20-15-12(13)7-4-8-19-15)21-18-22(11-5-2-1-3-6-11)14(10-26-18)17(24)25/h1-9,14H,10H2,(H,19,20)(H,24,25)/b21-18-. The van der Waals surface area contributed by atoms with Gasteiger partial charge in [0.2, 0.25) is 0 Å². The van der Waals surface area contributed by atoms with Crippen LogP contribution in [-0.4, -0.2) is 43.9 Å². The molecule has 1 saturated heterocycles. The van der Waals surface area contributed by atoms with Crippen LogP contribution in [-0.2, 0) is 4.79 Å². The SMILES string of the molecule is O=C(/N=C1\SCC(C(=O)O)N1c1ccccc1)c1c[nH]c2ncccc12. The predicted molar refractivity (Wildman–Crippen MR) is 101 cm³/mol. The second-order valence-electron chi connectivity index (χ2n) is 5.67. The van der Waals surface area contributed by atoms with Gasteiger partial charge in [0.15, 0.2) is 5.17 Å². The van der Waals surface area contributed by atoms with Crippen molar-refractivity contribution in [3.63, 3.8) is 0 Å². The molecule has 1 unspecified atom stereocenters. The Labute approximate surface area is 152 Å². The maximum atomic E-state index is 12.7. The van der Waals surface area contributed by atoms with Crippen molar-refractivity contribution < 1.29 is 14.7 Å². The van der Waals surface area contributed by atoms with Crippen LogP contribution in [0.25, 0.3) is 11.0 Å². The van der Waals surface area contributed by atoms with Gasteiger partial charge in [-0.25, -0.2) is 9.78 Å². The number of nitrogens with one attached hydrogen (secondary N) is 1. The molecule has 3 aromatic rings. The van der Waals surface area contributed by atoms with Gasteiger partial charge in [0, 0.05) is 29.2 Å². The summed E-state index contributed by atoms with van der Waals surface area (Å²) in [5.41, 5.74) is 1.71. The minimum atomic E-state index is -0.949. The Balaban J connectivity index is 1.73. The number of aliphatic imine (C=N–C) groups is 1. The molecule has 7 nitrogen and oxygen atoms in total. The number of amides is 1. The highest BCUT2D eigenvalue weighted by Crippen LogP contribution is 2.31. The smallest absolute Gasteiger partial charge is 0.327 e. The van der Waals surface area contributed by atoms with E-state index in [1.165, 1.54) is 11.8 Å². The van der Waals surface area contributed by atoms with E-state index in [0.717, 1.165) is 0 Å². The maximum Gasteiger partial charge on any atom is 0.327 e. The summed E-state index contributed by atoms with van der Waals surface area (Å²) in [5, 5.41) is 10.6. The molecule has 26 heavy (non-hydrogen) atoms. The molecule has 1 fully saturated rings. The number of aromatic nitrogens is 2. The zero-order chi connectivity index (χ0) is 18.1. The Morgan fingerprint density at radius 3 is 2.81 bits per heavy atom. The molecular formula is C18H14N4O3S. The largest absolute Gasteiger partial charge is 0.480 e. The molecule has 4 rings (SSSR count). The summed E-state index contributed by atoms with van der Waals surface area (Å²) >= 11 is 1.26. The lowest BCUT2D eigenvalue weighted by molar-refractivity contribution is -0.137. The first-order valence-corrected chi connectivity index (χ1v) is 8.88. The fourth-order valence-electron chi connectivity index (χ4n) is 2.86. The summed E-state index contributed by atoms with van der Waals surface area (Å²) in [5.74, 6) is -1.06. The first-order valence-electron chi connectivity index (χ1n) is 7.90. The highest BCUT2D eigenvalue weighted by Gasteiger charge is 2.37. The van der Waals surface area contributed by atoms with Crippen LogP contribution in [0.1, 0.15) is 10.4 Å². The fourth-order valence-corrected chi connectivity index (χ4v) is 3.98. The van der Waals surface area contributed by atoms with Crippen LogP contribution in [0.2, 0.25) is 0 Å². The van der Waals surface area contributed by atoms with Gasteiger partial charge in [-0.2, -0.15) is 4.99 Å². The summed E-state index contributed by atoms with van der Waals surface area (Å²) in [6, 6.07) is 11.9. The summed E-state index contributed by atoms with van der Waals surface area (Å²) in [4.78, 5) is 37.2. The number of fused-ring (bicyclic) bond motifs is 1. The van der Waals surface area contributed by atoms with Gasteiger partial charge in [0.05, 0.1) is 5.56 Å². The van der Waals surface area contributed by atoms with Gasteiger partial charge >= 0.3 is 5.97 Å². The van der Waals surface area contributed by atoms with E-state index in [-0.39, 0.29) is 0 Å². The van der Waals surface area contributed by atoms with Crippen LogP contribution in [0, 0.1) is 0 Å². The van der Waals surface area contributed by atoms with E-state index in [2.05, 4.69) is 15.0 Å². The average molecular weight is 366 g/mol. The van der Waals surface area contributed by atoms with Gasteiger partial charge in [-0.1, -0.05) is 30.0 Å². The van der Waals surface area contributed by atoms with E-state index < -0.39 is 17.9 Å². The molecule has 130 valence electrons. The van der Waals surface area contributed by atoms with E-state index in [0.29, 0.717) is 33.2 Å². The van der Waals surface area contributed by atoms with Gasteiger partial charge in [0.1, 0.15) is 11.7 Å². The summed E-state index contributed by atoms with van der Waals surface area (Å²) < 4.78 is 0. The van der Waals surface area contributed by atoms with Crippen LogP contribution in [0.3, 0.4) is 0 Å². The van der Waals surface area contributed by atoms with Crippen LogP contribution in [0.4, 0.5) is 5.69 Å². The summed E-state index contributed by atoms with van der Waals surface area (Å²) in [6.45, 7) is 0. The lowest BCUT2D eigenvalue weighted by Gasteiger charge is -2.22. The second kappa shape index (κ2) is 6.64. The molecule has 2 N–H and O–H groups in total. The van der Waals surface area contributed by atoms with Crippen molar-refractivity contribution in [2.45, 2.75) is 6.04 Å². The molecular weight excluding hydrogens is 352 g/mol. The maximum absolute atomic E-state index is 12.7. The van der Waals surface area contributed by atoms with E-state index in [4.69, 9.17) is 0 Å². The van der Waals surface area contributed by atoms with E-state index in [1.54, 1.807) is 41.6 Å². The minimum absolute atomic E-state index is 0.325. The fraction of sp³-hybridized carbons (Fsp3) is 0.111. The first kappa shape index (κ1) is 16.3. The zero-order valence-electron chi connectivity index (χ0n) is 13.5. The number of anilines is 1. The van der Waals surface area contributed by atoms with E-state index >= 15 is 0 Å². The molecule has 0 spiro atoms. The summed E-state index contributed by atoms with van der Waals surface area (Å²) in [7, 11) is 0. The van der Waals surface area contributed by atoms with Crippen molar-refractivity contribution in [3.05, 3.63) is 60.4 Å². The molecule has 1 aliphatic rings. The molecule has 0 radical (unpaired) electrons. The van der Waals surface area contributed by atoms with Gasteiger partial charge < -0.3 is 15.0 Å². The number of H-pyrrole nitrogens is 1. The number of carbonyl (C=O) groups is 2. The Hall–Kier alpha value is -3.13. The number of carbonyl (C=O) groups excluding carboxylic acids is 1. The molecule has 0 saturated carbocycles. The number of nitrogens with zero attached hydrogens (tertiary/aromatic N) is 3. The third kappa shape index (κ3) is 2.84. The van der Waals surface area contributed by atoms with Gasteiger partial charge in [-0.05, 0) is 24.3 Å². The number of aromatic amines is 1. The number of benzene rings is 1. The number of pyridine rings is 1. The topological polar surface area (TPSA) is 98.6 Å². The third-order valence-electron chi connectivity index (χ3n) is 4.09. The number of amidine groups is 1. The zero-order valence-corrected chi connectivity index (χ0v) is 14.3. The molecule has 3 heterocycles. The number of aliphatic carboxylic acids is 1. The molecule has 0 aliphatic carbocycles. The quantitative estimate of drug-likeness (QED) is 0.740. The molecule has 1 amide bonds. The van der Waals surface area contributed by atoms with Crippen molar-refractivity contribution >= 4 is 45.5 Å². The van der Waals surface area contributed by atoms with Crippen molar-refractivity contribution in [2.24, 2.45) is 4.99 Å². The van der Waals surface area contributed by atoms with Crippen molar-refractivity contribution in [3.8, 4) is 0 Å². The highest BCUT2D eigenvalue weighted by molar-refractivity contribution is 8.14. The Morgan fingerprint density at radius 1 is 1.23 bits per heavy atom. The van der Waals surface area contributed by atoms with Crippen molar-refractivity contribution in [2.75, 3.05) is 10.7 Å². The second-order valence-corrected chi connectivity index (χ2v) is 6.66. The number of rotatable bonds is 3. The lowest BCUT2D eigenvalue weighted by Crippen LogP contribution is -2.40. The van der Waals surface area contributed by atoms with Gasteiger partial charge in [-0.15, -0.1) is 0 Å². The number of hydrogen-bond donors (Lipinski definition) is 2. The molecule has 1 aliphatic heterocycles. The molecule has 0 bridgehead atoms. The Kier molecular flexibility index (Phi) is 4.18. The number of thioether (sulfide) groups is 1.